The molecule has 6 rings (SSSR count). The van der Waals surface area contributed by atoms with Gasteiger partial charge in [0.2, 0.25) is 5.78 Å². The lowest BCUT2D eigenvalue weighted by Crippen LogP contribution is -2.08. The van der Waals surface area contributed by atoms with Crippen LogP contribution in [-0.4, -0.2) is 23.2 Å². The number of nitrogens with one attached hydrogen (secondary N) is 2. The van der Waals surface area contributed by atoms with E-state index >= 15 is 0 Å². The maximum Gasteiger partial charge on any atom is 0.796 e. The van der Waals surface area contributed by atoms with Gasteiger partial charge in [-0.2, -0.15) is 0 Å². The molecule has 0 aliphatic heterocycles. The Morgan fingerprint density at radius 2 is 0.952 bits per heavy atom. The van der Waals surface area contributed by atoms with Crippen LogP contribution in [0.4, 0.5) is 8.63 Å². The number of hydrogen-bond acceptors (Lipinski definition) is 2. The molecule has 2 heterocycles. The zero-order chi connectivity index (χ0) is 28.9. The van der Waals surface area contributed by atoms with E-state index < -0.39 is 13.3 Å². The van der Waals surface area contributed by atoms with Gasteiger partial charge < -0.3 is 14.6 Å². The molecule has 4 aromatic carbocycles. The van der Waals surface area contributed by atoms with E-state index in [0.29, 0.717) is 11.1 Å². The fraction of sp³-hybridized carbons (Fsp3) is 0. The van der Waals surface area contributed by atoms with E-state index in [9.17, 15) is 13.4 Å². The van der Waals surface area contributed by atoms with Crippen LogP contribution in [0.1, 0.15) is 16.2 Å². The third-order valence-corrected chi connectivity index (χ3v) is 7.03. The molecule has 0 radical (unpaired) electrons. The summed E-state index contributed by atoms with van der Waals surface area (Å²) in [5.74, 6) is -0.757. The number of aromatic nitrogens is 2. The van der Waals surface area contributed by atoms with Crippen molar-refractivity contribution in [2.75, 3.05) is 0 Å². The fourth-order valence-electron chi connectivity index (χ4n) is 5.19. The van der Waals surface area contributed by atoms with E-state index in [1.807, 2.05) is 121 Å². The molecule has 0 aliphatic rings. The highest BCUT2D eigenvalue weighted by atomic mass is 19.2. The van der Waals surface area contributed by atoms with Crippen molar-refractivity contribution in [3.63, 3.8) is 0 Å². The Hall–Kier alpha value is -5.43. The molecule has 0 saturated heterocycles. The summed E-state index contributed by atoms with van der Waals surface area (Å²) in [4.78, 5) is 20.2. The molecule has 204 valence electrons. The molecule has 0 saturated carbocycles. The lowest BCUT2D eigenvalue weighted by atomic mass is 9.94. The molecule has 2 aromatic heterocycles. The first-order chi connectivity index (χ1) is 20.6. The Kier molecular flexibility index (Phi) is 7.64. The predicted molar refractivity (Wildman–Crippen MR) is 165 cm³/mol. The molecule has 0 amide bonds. The maximum absolute atomic E-state index is 13.9. The molecule has 2 N–H and O–H groups in total. The van der Waals surface area contributed by atoms with E-state index in [4.69, 9.17) is 4.65 Å². The van der Waals surface area contributed by atoms with Gasteiger partial charge in [-0.25, -0.2) is 8.63 Å². The van der Waals surface area contributed by atoms with E-state index in [1.165, 1.54) is 0 Å². The Balaban J connectivity index is 1.51. The van der Waals surface area contributed by atoms with Crippen LogP contribution in [0.25, 0.3) is 50.3 Å². The number of rotatable bonds is 9. The molecule has 0 aliphatic carbocycles. The Labute approximate surface area is 242 Å². The molecule has 6 aromatic rings. The second-order valence-corrected chi connectivity index (χ2v) is 9.62. The van der Waals surface area contributed by atoms with E-state index in [2.05, 4.69) is 9.97 Å². The molecule has 7 heteroatoms. The Morgan fingerprint density at radius 1 is 0.571 bits per heavy atom. The molecule has 0 atom stereocenters. The summed E-state index contributed by atoms with van der Waals surface area (Å²) in [5, 5.41) is 0. The standard InChI is InChI=1S/C35H25BF2N2O2/c37-36(38)42-31(35-33(27-19-11-4-12-20-27)29(23-40-35)25-15-7-2-8-16-25)21-30(41)34-32(26-17-9-3-10-18-26)28(22-39-34)24-13-5-1-6-14-24/h1-23,39-40H/b31-21+. The van der Waals surface area contributed by atoms with Crippen LogP contribution in [0, 0.1) is 0 Å². The summed E-state index contributed by atoms with van der Waals surface area (Å²) >= 11 is 0. The van der Waals surface area contributed by atoms with Crippen molar-refractivity contribution in [2.45, 2.75) is 0 Å². The number of H-pyrrole nitrogens is 2. The molecule has 4 nitrogen and oxygen atoms in total. The van der Waals surface area contributed by atoms with Gasteiger partial charge in [-0.05, 0) is 22.3 Å². The third-order valence-electron chi connectivity index (χ3n) is 7.03. The molecule has 0 spiro atoms. The quantitative estimate of drug-likeness (QED) is 0.0811. The molecule has 0 unspecified atom stereocenters. The van der Waals surface area contributed by atoms with Gasteiger partial charge in [0.15, 0.2) is 0 Å². The van der Waals surface area contributed by atoms with Crippen LogP contribution in [-0.2, 0) is 4.65 Å². The molecule has 42 heavy (non-hydrogen) atoms. The minimum Gasteiger partial charge on any atom is -0.503 e. The number of hydrogen-bond donors (Lipinski definition) is 2. The summed E-state index contributed by atoms with van der Waals surface area (Å²) in [7, 11) is -3.15. The van der Waals surface area contributed by atoms with Crippen LogP contribution in [0.5, 0.6) is 0 Å². The van der Waals surface area contributed by atoms with E-state index in [-0.39, 0.29) is 17.1 Å². The number of halogens is 2. The first-order valence-electron chi connectivity index (χ1n) is 13.5. The first kappa shape index (κ1) is 26.8. The Bertz CT molecular complexity index is 1830. The van der Waals surface area contributed by atoms with E-state index in [0.717, 1.165) is 39.5 Å². The average Bonchev–Trinajstić information content (AvgIpc) is 3.68. The van der Waals surface area contributed by atoms with Crippen LogP contribution < -0.4 is 0 Å². The average molecular weight is 554 g/mol. The largest absolute Gasteiger partial charge is 0.796 e. The fourth-order valence-corrected chi connectivity index (χ4v) is 5.19. The summed E-state index contributed by atoms with van der Waals surface area (Å²) in [6, 6.07) is 38.2. The summed E-state index contributed by atoms with van der Waals surface area (Å²) < 4.78 is 32.8. The lowest BCUT2D eigenvalue weighted by molar-refractivity contribution is 0.104. The second kappa shape index (κ2) is 12.0. The third kappa shape index (κ3) is 5.45. The number of carbonyl (C=O) groups excluding carboxylic acids is 1. The van der Waals surface area contributed by atoms with E-state index in [1.54, 1.807) is 12.4 Å². The lowest BCUT2D eigenvalue weighted by Gasteiger charge is -2.12. The molecule has 0 fully saturated rings. The minimum atomic E-state index is -3.15. The van der Waals surface area contributed by atoms with Crippen molar-refractivity contribution in [3.05, 3.63) is 151 Å². The van der Waals surface area contributed by atoms with Crippen molar-refractivity contribution in [1.82, 2.24) is 9.97 Å². The number of ketones is 1. The number of carbonyl (C=O) groups is 1. The maximum atomic E-state index is 13.9. The number of aromatic amines is 2. The van der Waals surface area contributed by atoms with Crippen molar-refractivity contribution in [1.29, 1.82) is 0 Å². The van der Waals surface area contributed by atoms with Gasteiger partial charge in [0.25, 0.3) is 0 Å². The van der Waals surface area contributed by atoms with Crippen LogP contribution in [0.15, 0.2) is 140 Å². The molecule has 0 bridgehead atoms. The van der Waals surface area contributed by atoms with Gasteiger partial charge in [-0.3, -0.25) is 4.79 Å². The van der Waals surface area contributed by atoms with Crippen LogP contribution in [0.2, 0.25) is 0 Å². The zero-order valence-electron chi connectivity index (χ0n) is 22.4. The number of benzene rings is 4. The summed E-state index contributed by atoms with van der Waals surface area (Å²) in [5.41, 5.74) is 6.93. The van der Waals surface area contributed by atoms with Crippen molar-refractivity contribution in [3.8, 4) is 44.5 Å². The van der Waals surface area contributed by atoms with Gasteiger partial charge >= 0.3 is 7.47 Å². The van der Waals surface area contributed by atoms with Gasteiger partial charge in [0.1, 0.15) is 5.76 Å². The molecular weight excluding hydrogens is 529 g/mol. The Morgan fingerprint density at radius 3 is 1.38 bits per heavy atom. The topological polar surface area (TPSA) is 57.9 Å². The zero-order valence-corrected chi connectivity index (χ0v) is 22.4. The smallest absolute Gasteiger partial charge is 0.503 e. The second-order valence-electron chi connectivity index (χ2n) is 9.62. The van der Waals surface area contributed by atoms with Gasteiger partial charge in [-0.15, -0.1) is 0 Å². The first-order valence-corrected chi connectivity index (χ1v) is 13.5. The number of allylic oxidation sites excluding steroid dienone is 1. The van der Waals surface area contributed by atoms with Gasteiger partial charge in [0, 0.05) is 40.7 Å². The summed E-state index contributed by atoms with van der Waals surface area (Å²) in [6.45, 7) is 0. The van der Waals surface area contributed by atoms with Crippen LogP contribution >= 0.6 is 0 Å². The normalized spacial score (nSPS) is 11.3. The highest BCUT2D eigenvalue weighted by Crippen LogP contribution is 2.40. The highest BCUT2D eigenvalue weighted by Gasteiger charge is 2.27. The van der Waals surface area contributed by atoms with Crippen molar-refractivity contribution < 1.29 is 18.1 Å². The van der Waals surface area contributed by atoms with Crippen LogP contribution in [0.3, 0.4) is 0 Å². The monoisotopic (exact) mass is 554 g/mol. The predicted octanol–water partition coefficient (Wildman–Crippen LogP) is 9.18. The minimum absolute atomic E-state index is 0.258. The SMILES string of the molecule is O=C(/C=C(/OB(F)F)c1[nH]cc(-c2ccccc2)c1-c1ccccc1)c1[nH]cc(-c2ccccc2)c1-c1ccccc1. The summed E-state index contributed by atoms with van der Waals surface area (Å²) in [6.07, 6.45) is 4.65. The van der Waals surface area contributed by atoms with Gasteiger partial charge in [0.05, 0.1) is 11.4 Å². The molecular formula is C35H25BF2N2O2. The van der Waals surface area contributed by atoms with Crippen molar-refractivity contribution >= 4 is 19.0 Å². The highest BCUT2D eigenvalue weighted by molar-refractivity contribution is 6.36. The van der Waals surface area contributed by atoms with Gasteiger partial charge in [-0.1, -0.05) is 121 Å². The van der Waals surface area contributed by atoms with Crippen molar-refractivity contribution in [2.24, 2.45) is 0 Å².